The van der Waals surface area contributed by atoms with Crippen molar-refractivity contribution in [2.24, 2.45) is 5.92 Å². The maximum absolute atomic E-state index is 12.0. The summed E-state index contributed by atoms with van der Waals surface area (Å²) in [5.41, 5.74) is 1.61. The van der Waals surface area contributed by atoms with Crippen LogP contribution in [0.25, 0.3) is 0 Å². The van der Waals surface area contributed by atoms with E-state index in [0.29, 0.717) is 0 Å². The highest BCUT2D eigenvalue weighted by Crippen LogP contribution is 2.11. The lowest BCUT2D eigenvalue weighted by Gasteiger charge is -2.16. The predicted octanol–water partition coefficient (Wildman–Crippen LogP) is 2.71. The molecule has 0 saturated carbocycles. The van der Waals surface area contributed by atoms with Gasteiger partial charge < -0.3 is 15.4 Å². The Balaban J connectivity index is 2.51. The maximum Gasteiger partial charge on any atom is 0.308 e. The van der Waals surface area contributed by atoms with Crippen LogP contribution in [0.2, 0.25) is 0 Å². The van der Waals surface area contributed by atoms with Crippen molar-refractivity contribution < 1.29 is 14.3 Å². The molecule has 0 radical (unpaired) electrons. The van der Waals surface area contributed by atoms with E-state index in [1.807, 2.05) is 32.9 Å². The van der Waals surface area contributed by atoms with Gasteiger partial charge in [-0.25, -0.2) is 0 Å². The van der Waals surface area contributed by atoms with E-state index in [-0.39, 0.29) is 36.5 Å². The van der Waals surface area contributed by atoms with E-state index in [2.05, 4.69) is 10.6 Å². The second-order valence-electron chi connectivity index (χ2n) is 5.99. The Kier molecular flexibility index (Phi) is 7.05. The molecule has 0 aliphatic heterocycles. The number of rotatable bonds is 7. The van der Waals surface area contributed by atoms with Gasteiger partial charge in [-0.15, -0.1) is 0 Å². The molecule has 1 atom stereocenters. The number of amides is 1. The van der Waals surface area contributed by atoms with Crippen LogP contribution in [-0.4, -0.2) is 24.0 Å². The van der Waals surface area contributed by atoms with Gasteiger partial charge in [-0.1, -0.05) is 39.8 Å². The average molecular weight is 306 g/mol. The molecule has 5 nitrogen and oxygen atoms in total. The van der Waals surface area contributed by atoms with E-state index in [4.69, 9.17) is 4.74 Å². The zero-order valence-electron chi connectivity index (χ0n) is 14.0. The molecule has 0 aromatic heterocycles. The first-order valence-corrected chi connectivity index (χ1v) is 7.62. The monoisotopic (exact) mass is 306 g/mol. The van der Waals surface area contributed by atoms with Gasteiger partial charge in [0.1, 0.15) is 6.61 Å². The molecule has 0 heterocycles. The molecular formula is C17H26N2O3. The molecule has 1 aromatic rings. The number of nitrogens with one attached hydrogen (secondary N) is 2. The van der Waals surface area contributed by atoms with Gasteiger partial charge in [-0.2, -0.15) is 0 Å². The van der Waals surface area contributed by atoms with Crippen LogP contribution in [0.5, 0.6) is 0 Å². The second kappa shape index (κ2) is 8.54. The number of benzene rings is 1. The Hall–Kier alpha value is -1.88. The summed E-state index contributed by atoms with van der Waals surface area (Å²) in [4.78, 5) is 23.4. The van der Waals surface area contributed by atoms with Crippen LogP contribution in [0, 0.1) is 5.92 Å². The van der Waals surface area contributed by atoms with E-state index >= 15 is 0 Å². The van der Waals surface area contributed by atoms with Crippen molar-refractivity contribution in [2.45, 2.75) is 53.3 Å². The molecule has 0 spiro atoms. The lowest BCUT2D eigenvalue weighted by Crippen LogP contribution is -2.41. The Labute approximate surface area is 132 Å². The molecule has 0 unspecified atom stereocenters. The average Bonchev–Trinajstić information content (AvgIpc) is 2.45. The zero-order chi connectivity index (χ0) is 16.7. The highest BCUT2D eigenvalue weighted by molar-refractivity contribution is 5.94. The lowest BCUT2D eigenvalue weighted by atomic mass is 10.2. The van der Waals surface area contributed by atoms with E-state index in [0.717, 1.165) is 11.3 Å². The van der Waals surface area contributed by atoms with E-state index < -0.39 is 0 Å². The number of carbonyl (C=O) groups excluding carboxylic acids is 2. The van der Waals surface area contributed by atoms with Crippen molar-refractivity contribution >= 4 is 17.6 Å². The highest BCUT2D eigenvalue weighted by Gasteiger charge is 2.13. The molecule has 122 valence electrons. The maximum atomic E-state index is 12.0. The van der Waals surface area contributed by atoms with Gasteiger partial charge in [0.25, 0.3) is 0 Å². The molecule has 0 bridgehead atoms. The van der Waals surface area contributed by atoms with Gasteiger partial charge in [0.05, 0.1) is 12.0 Å². The molecule has 1 aromatic carbocycles. The summed E-state index contributed by atoms with van der Waals surface area (Å²) in [7, 11) is 0. The predicted molar refractivity (Wildman–Crippen MR) is 87.4 cm³/mol. The molecule has 1 rings (SSSR count). The number of hydrogen-bond donors (Lipinski definition) is 2. The summed E-state index contributed by atoms with van der Waals surface area (Å²) in [6.45, 7) is 9.67. The van der Waals surface area contributed by atoms with Crippen LogP contribution < -0.4 is 10.6 Å². The molecule has 22 heavy (non-hydrogen) atoms. The van der Waals surface area contributed by atoms with Crippen molar-refractivity contribution in [3.63, 3.8) is 0 Å². The molecule has 0 aliphatic rings. The lowest BCUT2D eigenvalue weighted by molar-refractivity contribution is -0.148. The summed E-state index contributed by atoms with van der Waals surface area (Å²) in [5, 5.41) is 6.00. The largest absolute Gasteiger partial charge is 0.461 e. The fraction of sp³-hybridized carbons (Fsp3) is 0.529. The Morgan fingerprint density at radius 2 is 1.64 bits per heavy atom. The summed E-state index contributed by atoms with van der Waals surface area (Å²) in [5.74, 6) is -0.424. The number of ether oxygens (including phenoxy) is 1. The second-order valence-corrected chi connectivity index (χ2v) is 5.99. The Morgan fingerprint density at radius 3 is 2.14 bits per heavy atom. The van der Waals surface area contributed by atoms with Gasteiger partial charge in [0, 0.05) is 11.7 Å². The van der Waals surface area contributed by atoms with Crippen LogP contribution in [0.1, 0.15) is 40.2 Å². The highest BCUT2D eigenvalue weighted by atomic mass is 16.5. The number of esters is 1. The standard InChI is InChI=1S/C17H26N2O3/c1-11(2)17(21)22-10-14-6-8-15(9-7-14)19-16(20)13(5)18-12(3)4/h6-9,11-13,18H,10H2,1-5H3,(H,19,20)/t13-/m0/s1. The first-order chi connectivity index (χ1) is 10.3. The van der Waals surface area contributed by atoms with E-state index in [1.54, 1.807) is 26.0 Å². The van der Waals surface area contributed by atoms with Crippen molar-refractivity contribution in [2.75, 3.05) is 5.32 Å². The van der Waals surface area contributed by atoms with Gasteiger partial charge in [-0.05, 0) is 24.6 Å². The molecule has 0 aliphatic carbocycles. The van der Waals surface area contributed by atoms with Crippen LogP contribution in [0.15, 0.2) is 24.3 Å². The molecule has 0 fully saturated rings. The molecule has 5 heteroatoms. The first kappa shape index (κ1) is 18.2. The van der Waals surface area contributed by atoms with Crippen molar-refractivity contribution in [3.8, 4) is 0 Å². The Bertz CT molecular complexity index is 495. The SMILES string of the molecule is CC(C)N[C@@H](C)C(=O)Nc1ccc(COC(=O)C(C)C)cc1. The van der Waals surface area contributed by atoms with Crippen LogP contribution in [0.4, 0.5) is 5.69 Å². The van der Waals surface area contributed by atoms with E-state index in [9.17, 15) is 9.59 Å². The van der Waals surface area contributed by atoms with E-state index in [1.165, 1.54) is 0 Å². The molecule has 1 amide bonds. The molecule has 2 N–H and O–H groups in total. The topological polar surface area (TPSA) is 67.4 Å². The van der Waals surface area contributed by atoms with Gasteiger partial charge >= 0.3 is 5.97 Å². The van der Waals surface area contributed by atoms with Gasteiger partial charge in [0.15, 0.2) is 0 Å². The third kappa shape index (κ3) is 6.26. The summed E-state index contributed by atoms with van der Waals surface area (Å²) >= 11 is 0. The van der Waals surface area contributed by atoms with Crippen molar-refractivity contribution in [1.82, 2.24) is 5.32 Å². The minimum atomic E-state index is -0.258. The number of carbonyl (C=O) groups is 2. The van der Waals surface area contributed by atoms with Gasteiger partial charge in [-0.3, -0.25) is 9.59 Å². The Morgan fingerprint density at radius 1 is 1.05 bits per heavy atom. The summed E-state index contributed by atoms with van der Waals surface area (Å²) < 4.78 is 5.16. The fourth-order valence-corrected chi connectivity index (χ4v) is 1.83. The zero-order valence-corrected chi connectivity index (χ0v) is 14.0. The third-order valence-corrected chi connectivity index (χ3v) is 3.05. The van der Waals surface area contributed by atoms with Gasteiger partial charge in [0.2, 0.25) is 5.91 Å². The number of hydrogen-bond acceptors (Lipinski definition) is 4. The summed E-state index contributed by atoms with van der Waals surface area (Å²) in [6.07, 6.45) is 0. The number of anilines is 1. The normalized spacial score (nSPS) is 12.3. The molecular weight excluding hydrogens is 280 g/mol. The third-order valence-electron chi connectivity index (χ3n) is 3.05. The van der Waals surface area contributed by atoms with Crippen LogP contribution in [0.3, 0.4) is 0 Å². The smallest absolute Gasteiger partial charge is 0.308 e. The quantitative estimate of drug-likeness (QED) is 0.760. The van der Waals surface area contributed by atoms with Crippen molar-refractivity contribution in [3.05, 3.63) is 29.8 Å². The minimum Gasteiger partial charge on any atom is -0.461 e. The fourth-order valence-electron chi connectivity index (χ4n) is 1.83. The van der Waals surface area contributed by atoms with Crippen LogP contribution >= 0.6 is 0 Å². The minimum absolute atomic E-state index is 0.0762. The first-order valence-electron chi connectivity index (χ1n) is 7.62. The molecule has 0 saturated heterocycles. The van der Waals surface area contributed by atoms with Crippen LogP contribution in [-0.2, 0) is 20.9 Å². The summed E-state index contributed by atoms with van der Waals surface area (Å²) in [6, 6.07) is 7.27. The van der Waals surface area contributed by atoms with Crippen molar-refractivity contribution in [1.29, 1.82) is 0 Å².